The van der Waals surface area contributed by atoms with Crippen LogP contribution in [-0.4, -0.2) is 50.4 Å². The van der Waals surface area contributed by atoms with E-state index < -0.39 is 5.60 Å². The lowest BCUT2D eigenvalue weighted by Crippen LogP contribution is -2.49. The van der Waals surface area contributed by atoms with Gasteiger partial charge in [-0.3, -0.25) is 14.6 Å². The minimum Gasteiger partial charge on any atom is -0.458 e. The number of aromatic nitrogens is 3. The average molecular weight is 450 g/mol. The van der Waals surface area contributed by atoms with Crippen molar-refractivity contribution in [3.63, 3.8) is 0 Å². The van der Waals surface area contributed by atoms with Gasteiger partial charge in [0.2, 0.25) is 5.91 Å². The average Bonchev–Trinajstić information content (AvgIpc) is 3.15. The van der Waals surface area contributed by atoms with Crippen molar-refractivity contribution in [2.24, 2.45) is 5.92 Å². The van der Waals surface area contributed by atoms with E-state index in [1.165, 1.54) is 0 Å². The third-order valence-corrected chi connectivity index (χ3v) is 7.45. The number of anilines is 2. The van der Waals surface area contributed by atoms with Gasteiger partial charge in [0.1, 0.15) is 17.2 Å². The van der Waals surface area contributed by atoms with E-state index in [1.54, 1.807) is 12.4 Å². The van der Waals surface area contributed by atoms with E-state index in [-0.39, 0.29) is 30.1 Å². The van der Waals surface area contributed by atoms with Gasteiger partial charge < -0.3 is 15.0 Å². The first-order chi connectivity index (χ1) is 16.0. The molecule has 3 aliphatic rings. The van der Waals surface area contributed by atoms with Crippen LogP contribution in [0.5, 0.6) is 0 Å². The van der Waals surface area contributed by atoms with Gasteiger partial charge in [-0.2, -0.15) is 0 Å². The second-order valence-corrected chi connectivity index (χ2v) is 9.58. The molecule has 2 aliphatic heterocycles. The molecule has 0 aromatic carbocycles. The van der Waals surface area contributed by atoms with Crippen molar-refractivity contribution in [3.05, 3.63) is 42.0 Å². The van der Waals surface area contributed by atoms with Crippen molar-refractivity contribution in [3.8, 4) is 0 Å². The molecule has 174 valence electrons. The number of pyridine rings is 1. The summed E-state index contributed by atoms with van der Waals surface area (Å²) in [6, 6.07) is 3.90. The van der Waals surface area contributed by atoms with E-state index >= 15 is 0 Å². The molecule has 33 heavy (non-hydrogen) atoms. The minimum atomic E-state index is -0.557. The number of carbonyl (C=O) groups excluding carboxylic acids is 2. The van der Waals surface area contributed by atoms with Crippen LogP contribution >= 0.6 is 0 Å². The number of amides is 1. The molecule has 8 nitrogen and oxygen atoms in total. The normalized spacial score (nSPS) is 22.9. The van der Waals surface area contributed by atoms with Crippen molar-refractivity contribution < 1.29 is 14.3 Å². The molecule has 3 fully saturated rings. The number of nitrogens with zero attached hydrogens (tertiary/aromatic N) is 4. The van der Waals surface area contributed by atoms with Crippen molar-refractivity contribution in [1.29, 1.82) is 0 Å². The van der Waals surface area contributed by atoms with Crippen LogP contribution in [0.25, 0.3) is 0 Å². The first-order valence-corrected chi connectivity index (χ1v) is 12.1. The molecule has 1 saturated carbocycles. The quantitative estimate of drug-likeness (QED) is 0.707. The van der Waals surface area contributed by atoms with Crippen LogP contribution in [0, 0.1) is 12.8 Å². The SMILES string of the molecule is Cc1cccnc1Nc1cncc(C2CCN(C(=O)[C@@H]3CC(=O)OC34CCCCC4)CC2)n1. The van der Waals surface area contributed by atoms with Crippen LogP contribution in [0.2, 0.25) is 0 Å². The highest BCUT2D eigenvalue weighted by Gasteiger charge is 2.53. The number of likely N-dealkylation sites (tertiary alicyclic amines) is 1. The number of ether oxygens (including phenoxy) is 1. The van der Waals surface area contributed by atoms with E-state index in [2.05, 4.69) is 15.3 Å². The van der Waals surface area contributed by atoms with Gasteiger partial charge in [0.05, 0.1) is 24.2 Å². The number of nitrogens with one attached hydrogen (secondary N) is 1. The molecule has 2 aromatic rings. The Kier molecular flexibility index (Phi) is 6.00. The maximum absolute atomic E-state index is 13.4. The van der Waals surface area contributed by atoms with Gasteiger partial charge in [0.25, 0.3) is 0 Å². The topological polar surface area (TPSA) is 97.3 Å². The minimum absolute atomic E-state index is 0.0910. The summed E-state index contributed by atoms with van der Waals surface area (Å²) in [4.78, 5) is 41.0. The molecule has 1 aliphatic carbocycles. The zero-order valence-electron chi connectivity index (χ0n) is 19.1. The Balaban J connectivity index is 1.23. The molecule has 0 bridgehead atoms. The second kappa shape index (κ2) is 9.08. The maximum atomic E-state index is 13.4. The first kappa shape index (κ1) is 21.8. The summed E-state index contributed by atoms with van der Waals surface area (Å²) in [6.45, 7) is 3.34. The predicted octanol–water partition coefficient (Wildman–Crippen LogP) is 3.90. The largest absolute Gasteiger partial charge is 0.458 e. The molecule has 5 rings (SSSR count). The molecule has 2 saturated heterocycles. The third-order valence-electron chi connectivity index (χ3n) is 7.45. The zero-order valence-corrected chi connectivity index (χ0v) is 19.1. The summed E-state index contributed by atoms with van der Waals surface area (Å²) < 4.78 is 5.76. The highest BCUT2D eigenvalue weighted by atomic mass is 16.6. The van der Waals surface area contributed by atoms with E-state index in [9.17, 15) is 9.59 Å². The van der Waals surface area contributed by atoms with Gasteiger partial charge in [-0.1, -0.05) is 12.5 Å². The van der Waals surface area contributed by atoms with Gasteiger partial charge >= 0.3 is 5.97 Å². The molecule has 1 atom stereocenters. The Labute approximate surface area is 194 Å². The fourth-order valence-corrected chi connectivity index (χ4v) is 5.60. The summed E-state index contributed by atoms with van der Waals surface area (Å²) in [5.74, 6) is 1.25. The fraction of sp³-hybridized carbons (Fsp3) is 0.560. The predicted molar refractivity (Wildman–Crippen MR) is 123 cm³/mol. The highest BCUT2D eigenvalue weighted by Crippen LogP contribution is 2.45. The Hall–Kier alpha value is -3.03. The lowest BCUT2D eigenvalue weighted by molar-refractivity contribution is -0.156. The van der Waals surface area contributed by atoms with Crippen LogP contribution in [0.15, 0.2) is 30.7 Å². The van der Waals surface area contributed by atoms with Gasteiger partial charge in [-0.05, 0) is 57.1 Å². The molecule has 2 aromatic heterocycles. The molecular formula is C25H31N5O3. The second-order valence-electron chi connectivity index (χ2n) is 9.58. The Morgan fingerprint density at radius 1 is 1.18 bits per heavy atom. The molecule has 0 radical (unpaired) electrons. The van der Waals surface area contributed by atoms with E-state index in [0.717, 1.165) is 62.0 Å². The molecule has 1 amide bonds. The number of carbonyl (C=O) groups is 2. The van der Waals surface area contributed by atoms with E-state index in [4.69, 9.17) is 9.72 Å². The lowest BCUT2D eigenvalue weighted by atomic mass is 9.75. The van der Waals surface area contributed by atoms with Crippen LogP contribution in [-0.2, 0) is 14.3 Å². The Bertz CT molecular complexity index is 1030. The van der Waals surface area contributed by atoms with Crippen molar-refractivity contribution in [1.82, 2.24) is 19.9 Å². The number of esters is 1. The van der Waals surface area contributed by atoms with Crippen molar-refractivity contribution in [2.75, 3.05) is 18.4 Å². The Morgan fingerprint density at radius 2 is 1.97 bits per heavy atom. The van der Waals surface area contributed by atoms with Gasteiger partial charge in [0.15, 0.2) is 0 Å². The fourth-order valence-electron chi connectivity index (χ4n) is 5.60. The van der Waals surface area contributed by atoms with Crippen LogP contribution in [0.3, 0.4) is 0 Å². The number of hydrogen-bond acceptors (Lipinski definition) is 7. The molecule has 4 heterocycles. The van der Waals surface area contributed by atoms with Gasteiger partial charge in [0, 0.05) is 31.4 Å². The Morgan fingerprint density at radius 3 is 2.73 bits per heavy atom. The van der Waals surface area contributed by atoms with Crippen molar-refractivity contribution in [2.45, 2.75) is 69.8 Å². The molecule has 1 spiro atoms. The zero-order chi connectivity index (χ0) is 22.8. The summed E-state index contributed by atoms with van der Waals surface area (Å²) in [7, 11) is 0. The maximum Gasteiger partial charge on any atom is 0.307 e. The molecular weight excluding hydrogens is 418 g/mol. The first-order valence-electron chi connectivity index (χ1n) is 12.1. The summed E-state index contributed by atoms with van der Waals surface area (Å²) in [6.07, 6.45) is 12.0. The van der Waals surface area contributed by atoms with Gasteiger partial charge in [-0.25, -0.2) is 9.97 Å². The summed E-state index contributed by atoms with van der Waals surface area (Å²) in [5, 5.41) is 3.26. The van der Waals surface area contributed by atoms with E-state index in [1.807, 2.05) is 30.2 Å². The number of aryl methyl sites for hydroxylation is 1. The highest BCUT2D eigenvalue weighted by molar-refractivity contribution is 5.88. The standard InChI is InChI=1S/C25H31N5O3/c1-17-6-5-11-27-23(17)29-21-16-26-15-20(28-21)18-7-12-30(13-8-18)24(32)19-14-22(31)33-25(19)9-3-2-4-10-25/h5-6,11,15-16,18-19H,2-4,7-10,12-14H2,1H3,(H,27,28,29)/t19-/m0/s1. The van der Waals surface area contributed by atoms with Crippen molar-refractivity contribution >= 4 is 23.5 Å². The monoisotopic (exact) mass is 449 g/mol. The van der Waals surface area contributed by atoms with E-state index in [0.29, 0.717) is 18.9 Å². The van der Waals surface area contributed by atoms with Crippen LogP contribution in [0.1, 0.15) is 68.5 Å². The number of piperidine rings is 1. The number of rotatable bonds is 4. The van der Waals surface area contributed by atoms with Crippen LogP contribution in [0.4, 0.5) is 11.6 Å². The molecule has 0 unspecified atom stereocenters. The molecule has 8 heteroatoms. The smallest absolute Gasteiger partial charge is 0.307 e. The van der Waals surface area contributed by atoms with Gasteiger partial charge in [-0.15, -0.1) is 0 Å². The summed E-state index contributed by atoms with van der Waals surface area (Å²) >= 11 is 0. The summed E-state index contributed by atoms with van der Waals surface area (Å²) in [5.41, 5.74) is 1.42. The molecule has 1 N–H and O–H groups in total. The van der Waals surface area contributed by atoms with Crippen LogP contribution < -0.4 is 5.32 Å². The number of hydrogen-bond donors (Lipinski definition) is 1. The lowest BCUT2D eigenvalue weighted by Gasteiger charge is -2.39. The third kappa shape index (κ3) is 4.43.